The number of carboxylic acids is 2. The third-order valence-corrected chi connectivity index (χ3v) is 0. The lowest BCUT2D eigenvalue weighted by atomic mass is 10.9. The van der Waals surface area contributed by atoms with Crippen molar-refractivity contribution in [3.8, 4) is 0 Å². The zero-order chi connectivity index (χ0) is 7.15. The zero-order valence-corrected chi connectivity index (χ0v) is 6.81. The fraction of sp³-hybridized carbons (Fsp3) is 0.500. The minimum absolute atomic E-state index is 0. The van der Waals surface area contributed by atoms with Gasteiger partial charge in [0.15, 0.2) is 0 Å². The van der Waals surface area contributed by atoms with E-state index in [1.54, 1.807) is 0 Å². The average Bonchev–Trinajstić information content (AvgIpc) is 1.25. The molecular formula is C4H7AlO5-3. The second-order valence-electron chi connectivity index (χ2n) is 0.983. The van der Waals surface area contributed by atoms with E-state index in [-0.39, 0.29) is 22.8 Å². The van der Waals surface area contributed by atoms with Crippen molar-refractivity contribution in [3.05, 3.63) is 0 Å². The monoisotopic (exact) mass is 162 g/mol. The lowest BCUT2D eigenvalue weighted by Crippen LogP contribution is -2.16. The summed E-state index contributed by atoms with van der Waals surface area (Å²) in [7, 11) is 0. The lowest BCUT2D eigenvalue weighted by Gasteiger charge is -1.77. The molecule has 0 heterocycles. The minimum atomic E-state index is -1.08. The zero-order valence-electron chi connectivity index (χ0n) is 5.66. The van der Waals surface area contributed by atoms with Crippen LogP contribution in [0.2, 0.25) is 0 Å². The van der Waals surface area contributed by atoms with E-state index >= 15 is 0 Å². The SMILES string of the molecule is CC(=O)[O-].CC(=O)[O-].[Al].[OH-]. The van der Waals surface area contributed by atoms with E-state index in [0.717, 1.165) is 13.8 Å². The van der Waals surface area contributed by atoms with Gasteiger partial charge in [0.1, 0.15) is 0 Å². The Bertz CT molecular complexity index is 71.6. The molecular weight excluding hydrogens is 155 g/mol. The van der Waals surface area contributed by atoms with Crippen LogP contribution in [0, 0.1) is 0 Å². The highest BCUT2D eigenvalue weighted by molar-refractivity contribution is 5.75. The molecule has 0 aliphatic rings. The Kier molecular flexibility index (Phi) is 35.9. The molecule has 0 unspecified atom stereocenters. The van der Waals surface area contributed by atoms with Crippen molar-refractivity contribution >= 4 is 29.3 Å². The lowest BCUT2D eigenvalue weighted by molar-refractivity contribution is -0.303. The van der Waals surface area contributed by atoms with Crippen LogP contribution >= 0.6 is 0 Å². The van der Waals surface area contributed by atoms with Gasteiger partial charge in [-0.2, -0.15) is 0 Å². The molecule has 6 heteroatoms. The number of carbonyl (C=O) groups is 2. The van der Waals surface area contributed by atoms with E-state index in [0.29, 0.717) is 0 Å². The molecule has 0 bridgehead atoms. The van der Waals surface area contributed by atoms with Gasteiger partial charge in [-0.05, 0) is 13.8 Å². The Morgan fingerprint density at radius 3 is 1.00 bits per heavy atom. The molecule has 0 spiro atoms. The smallest absolute Gasteiger partial charge is 0.0383 e. The molecule has 10 heavy (non-hydrogen) atoms. The Morgan fingerprint density at radius 1 is 1.00 bits per heavy atom. The summed E-state index contributed by atoms with van der Waals surface area (Å²) in [6, 6.07) is 0. The molecule has 0 aromatic heterocycles. The van der Waals surface area contributed by atoms with Gasteiger partial charge in [-0.3, -0.25) is 0 Å². The van der Waals surface area contributed by atoms with E-state index in [2.05, 4.69) is 0 Å². The van der Waals surface area contributed by atoms with E-state index < -0.39 is 11.9 Å². The first-order valence-electron chi connectivity index (χ1n) is 1.82. The summed E-state index contributed by atoms with van der Waals surface area (Å²) in [6.45, 7) is 1.94. The first kappa shape index (κ1) is 22.7. The molecule has 0 saturated carbocycles. The number of rotatable bonds is 0. The summed E-state index contributed by atoms with van der Waals surface area (Å²) in [5, 5.41) is 17.8. The molecule has 0 aromatic carbocycles. The van der Waals surface area contributed by atoms with Crippen molar-refractivity contribution in [2.24, 2.45) is 0 Å². The van der Waals surface area contributed by atoms with Crippen LogP contribution in [0.3, 0.4) is 0 Å². The predicted molar refractivity (Wildman–Crippen MR) is 29.1 cm³/mol. The second-order valence-corrected chi connectivity index (χ2v) is 0.983. The van der Waals surface area contributed by atoms with Gasteiger partial charge < -0.3 is 25.3 Å². The topological polar surface area (TPSA) is 110 Å². The molecule has 0 rings (SSSR count). The number of aliphatic carboxylic acids is 2. The Labute approximate surface area is 69.1 Å². The van der Waals surface area contributed by atoms with Crippen molar-refractivity contribution in [1.29, 1.82) is 0 Å². The molecule has 0 amide bonds. The number of hydrogen-bond acceptors (Lipinski definition) is 5. The molecule has 1 N–H and O–H groups in total. The van der Waals surface area contributed by atoms with Crippen molar-refractivity contribution in [2.75, 3.05) is 0 Å². The van der Waals surface area contributed by atoms with Crippen LogP contribution in [0.1, 0.15) is 13.8 Å². The van der Waals surface area contributed by atoms with Gasteiger partial charge in [0.25, 0.3) is 0 Å². The molecule has 0 aliphatic heterocycles. The maximum atomic E-state index is 8.89. The highest BCUT2D eigenvalue weighted by Gasteiger charge is 1.46. The van der Waals surface area contributed by atoms with Gasteiger partial charge in [-0.15, -0.1) is 0 Å². The van der Waals surface area contributed by atoms with Crippen LogP contribution in [0.25, 0.3) is 0 Å². The quantitative estimate of drug-likeness (QED) is 0.351. The highest BCUT2D eigenvalue weighted by atomic mass is 27.0. The summed E-state index contributed by atoms with van der Waals surface area (Å²) >= 11 is 0. The van der Waals surface area contributed by atoms with E-state index in [1.807, 2.05) is 0 Å². The van der Waals surface area contributed by atoms with Crippen LogP contribution in [-0.2, 0) is 9.59 Å². The van der Waals surface area contributed by atoms with Crippen molar-refractivity contribution < 1.29 is 25.3 Å². The molecule has 0 aliphatic carbocycles. The number of carbonyl (C=O) groups excluding carboxylic acids is 2. The van der Waals surface area contributed by atoms with Crippen LogP contribution < -0.4 is 10.2 Å². The minimum Gasteiger partial charge on any atom is -0.870 e. The standard InChI is InChI=1S/2C2H4O2.Al.H2O/c2*1-2(3)4;;/h2*1H3,(H,3,4);;1H2/p-3. The van der Waals surface area contributed by atoms with E-state index in [9.17, 15) is 0 Å². The number of carboxylic acid groups (broad SMARTS) is 2. The average molecular weight is 162 g/mol. The van der Waals surface area contributed by atoms with Crippen molar-refractivity contribution in [1.82, 2.24) is 0 Å². The van der Waals surface area contributed by atoms with Crippen molar-refractivity contribution in [2.45, 2.75) is 13.8 Å². The van der Waals surface area contributed by atoms with Gasteiger partial charge in [-0.1, -0.05) is 0 Å². The van der Waals surface area contributed by atoms with Gasteiger partial charge in [0, 0.05) is 29.3 Å². The van der Waals surface area contributed by atoms with Crippen LogP contribution in [-0.4, -0.2) is 34.8 Å². The Hall–Kier alpha value is -0.568. The Balaban J connectivity index is -0.0000000300. The molecule has 59 valence electrons. The Morgan fingerprint density at radius 2 is 1.00 bits per heavy atom. The summed E-state index contributed by atoms with van der Waals surface area (Å²) in [6.07, 6.45) is 0. The number of hydrogen-bond donors (Lipinski definition) is 0. The van der Waals surface area contributed by atoms with Crippen LogP contribution in [0.15, 0.2) is 0 Å². The van der Waals surface area contributed by atoms with Gasteiger partial charge in [0.2, 0.25) is 0 Å². The molecule has 3 radical (unpaired) electrons. The summed E-state index contributed by atoms with van der Waals surface area (Å²) in [5.41, 5.74) is 0. The van der Waals surface area contributed by atoms with E-state index in [4.69, 9.17) is 19.8 Å². The maximum absolute atomic E-state index is 8.89. The fourth-order valence-electron chi connectivity index (χ4n) is 0. The molecule has 5 nitrogen and oxygen atoms in total. The fourth-order valence-corrected chi connectivity index (χ4v) is 0. The van der Waals surface area contributed by atoms with E-state index in [1.165, 1.54) is 0 Å². The molecule has 0 atom stereocenters. The van der Waals surface area contributed by atoms with Crippen LogP contribution in [0.4, 0.5) is 0 Å². The highest BCUT2D eigenvalue weighted by Crippen LogP contribution is 1.31. The molecule has 0 saturated heterocycles. The third-order valence-electron chi connectivity index (χ3n) is 0. The van der Waals surface area contributed by atoms with Crippen molar-refractivity contribution in [3.63, 3.8) is 0 Å². The first-order valence-corrected chi connectivity index (χ1v) is 1.82. The summed E-state index contributed by atoms with van der Waals surface area (Å²) < 4.78 is 0. The van der Waals surface area contributed by atoms with Gasteiger partial charge >= 0.3 is 0 Å². The van der Waals surface area contributed by atoms with Gasteiger partial charge in [-0.25, -0.2) is 0 Å². The predicted octanol–water partition coefficient (Wildman–Crippen LogP) is -3.05. The normalized spacial score (nSPS) is 5.00. The van der Waals surface area contributed by atoms with Crippen LogP contribution in [0.5, 0.6) is 0 Å². The largest absolute Gasteiger partial charge is 0.870 e. The third kappa shape index (κ3) is 955. The van der Waals surface area contributed by atoms with Gasteiger partial charge in [0.05, 0.1) is 0 Å². The molecule has 0 fully saturated rings. The first-order chi connectivity index (χ1) is 3.46. The summed E-state index contributed by atoms with van der Waals surface area (Å²) in [5.74, 6) is -2.17. The maximum Gasteiger partial charge on any atom is 0.0383 e. The second kappa shape index (κ2) is 15.8. The summed E-state index contributed by atoms with van der Waals surface area (Å²) in [4.78, 5) is 17.8. The molecule has 0 aromatic rings.